The van der Waals surface area contributed by atoms with Gasteiger partial charge in [-0.05, 0) is 50.7 Å². The minimum atomic E-state index is 0.151. The molecule has 1 aromatic rings. The van der Waals surface area contributed by atoms with Crippen LogP contribution in [-0.4, -0.2) is 23.6 Å². The fourth-order valence-electron chi connectivity index (χ4n) is 2.62. The average Bonchev–Trinajstić information content (AvgIpc) is 2.86. The van der Waals surface area contributed by atoms with Crippen LogP contribution in [0.25, 0.3) is 0 Å². The van der Waals surface area contributed by atoms with Gasteiger partial charge in [0.25, 0.3) is 0 Å². The molecule has 112 valence electrons. The molecule has 1 N–H and O–H groups in total. The van der Waals surface area contributed by atoms with Gasteiger partial charge >= 0.3 is 0 Å². The van der Waals surface area contributed by atoms with Crippen LogP contribution in [0.15, 0.2) is 18.3 Å². The van der Waals surface area contributed by atoms with E-state index in [-0.39, 0.29) is 5.54 Å². The van der Waals surface area contributed by atoms with Gasteiger partial charge < -0.3 is 10.2 Å². The predicted octanol–water partition coefficient (Wildman–Crippen LogP) is 3.45. The van der Waals surface area contributed by atoms with E-state index in [1.54, 1.807) is 0 Å². The van der Waals surface area contributed by atoms with Crippen LogP contribution in [0.5, 0.6) is 0 Å². The Labute approximate surface area is 123 Å². The molecule has 1 aliphatic rings. The lowest BCUT2D eigenvalue weighted by Crippen LogP contribution is -2.35. The molecule has 0 radical (unpaired) electrons. The van der Waals surface area contributed by atoms with Gasteiger partial charge in [-0.15, -0.1) is 0 Å². The zero-order chi connectivity index (χ0) is 14.8. The molecular weight excluding hydrogens is 246 g/mol. The molecular formula is C17H29N3. The number of aromatic nitrogens is 1. The summed E-state index contributed by atoms with van der Waals surface area (Å²) < 4.78 is 0. The Hall–Kier alpha value is -1.09. The average molecular weight is 275 g/mol. The Bertz CT molecular complexity index is 417. The highest BCUT2D eigenvalue weighted by molar-refractivity contribution is 5.40. The molecule has 1 fully saturated rings. The second kappa shape index (κ2) is 6.13. The molecule has 2 rings (SSSR count). The molecule has 3 heteroatoms. The van der Waals surface area contributed by atoms with Crippen molar-refractivity contribution >= 4 is 5.82 Å². The number of rotatable bonds is 4. The topological polar surface area (TPSA) is 28.2 Å². The summed E-state index contributed by atoms with van der Waals surface area (Å²) in [6.45, 7) is 14.4. The maximum atomic E-state index is 4.64. The molecule has 2 heterocycles. The largest absolute Gasteiger partial charge is 0.356 e. The summed E-state index contributed by atoms with van der Waals surface area (Å²) in [6, 6.07) is 4.37. The minimum Gasteiger partial charge on any atom is -0.356 e. The molecule has 0 spiro atoms. The van der Waals surface area contributed by atoms with Crippen LogP contribution in [0, 0.1) is 11.8 Å². The van der Waals surface area contributed by atoms with E-state index in [1.807, 2.05) is 6.20 Å². The van der Waals surface area contributed by atoms with Crippen molar-refractivity contribution in [2.45, 2.75) is 53.1 Å². The minimum absolute atomic E-state index is 0.151. The van der Waals surface area contributed by atoms with E-state index in [1.165, 1.54) is 12.0 Å². The summed E-state index contributed by atoms with van der Waals surface area (Å²) in [6.07, 6.45) is 3.31. The van der Waals surface area contributed by atoms with Crippen molar-refractivity contribution in [1.29, 1.82) is 0 Å². The summed E-state index contributed by atoms with van der Waals surface area (Å²) in [5.74, 6) is 2.72. The number of nitrogens with zero attached hydrogens (tertiary/aromatic N) is 2. The molecule has 20 heavy (non-hydrogen) atoms. The highest BCUT2D eigenvalue weighted by Crippen LogP contribution is 2.27. The molecule has 0 amide bonds. The van der Waals surface area contributed by atoms with Gasteiger partial charge in [-0.25, -0.2) is 4.98 Å². The first-order valence-corrected chi connectivity index (χ1v) is 7.80. The number of hydrogen-bond donors (Lipinski definition) is 1. The van der Waals surface area contributed by atoms with Gasteiger partial charge in [0.15, 0.2) is 0 Å². The summed E-state index contributed by atoms with van der Waals surface area (Å²) in [4.78, 5) is 7.06. The first-order valence-electron chi connectivity index (χ1n) is 7.80. The maximum absolute atomic E-state index is 4.64. The van der Waals surface area contributed by atoms with Gasteiger partial charge in [-0.2, -0.15) is 0 Å². The van der Waals surface area contributed by atoms with Crippen LogP contribution < -0.4 is 10.2 Å². The number of anilines is 1. The van der Waals surface area contributed by atoms with Crippen LogP contribution >= 0.6 is 0 Å². The Balaban J connectivity index is 1.92. The van der Waals surface area contributed by atoms with Gasteiger partial charge in [-0.3, -0.25) is 0 Å². The third-order valence-corrected chi connectivity index (χ3v) is 4.12. The molecule has 1 saturated heterocycles. The van der Waals surface area contributed by atoms with Crippen LogP contribution in [0.3, 0.4) is 0 Å². The van der Waals surface area contributed by atoms with Gasteiger partial charge in [-0.1, -0.05) is 19.9 Å². The van der Waals surface area contributed by atoms with Gasteiger partial charge in [0.2, 0.25) is 0 Å². The predicted molar refractivity (Wildman–Crippen MR) is 86.0 cm³/mol. The van der Waals surface area contributed by atoms with Crippen molar-refractivity contribution < 1.29 is 0 Å². The third-order valence-electron chi connectivity index (χ3n) is 4.12. The van der Waals surface area contributed by atoms with Crippen molar-refractivity contribution in [3.63, 3.8) is 0 Å². The smallest absolute Gasteiger partial charge is 0.128 e. The standard InChI is InChI=1S/C17H29N3/c1-13(2)15-8-9-20(12-15)16-7-6-14(10-18-16)11-19-17(3,4)5/h6-7,10,13,15,19H,8-9,11-12H2,1-5H3. The Morgan fingerprint density at radius 1 is 1.35 bits per heavy atom. The SMILES string of the molecule is CC(C)C1CCN(c2ccc(CNC(C)(C)C)cn2)C1. The molecule has 0 saturated carbocycles. The fraction of sp³-hybridized carbons (Fsp3) is 0.706. The first-order chi connectivity index (χ1) is 9.35. The number of pyridine rings is 1. The summed E-state index contributed by atoms with van der Waals surface area (Å²) in [5.41, 5.74) is 1.40. The maximum Gasteiger partial charge on any atom is 0.128 e. The van der Waals surface area contributed by atoms with Gasteiger partial charge in [0.05, 0.1) is 0 Å². The van der Waals surface area contributed by atoms with Crippen molar-refractivity contribution in [3.05, 3.63) is 23.9 Å². The molecule has 1 aromatic heterocycles. The zero-order valence-electron chi connectivity index (χ0n) is 13.6. The van der Waals surface area contributed by atoms with Crippen LogP contribution in [-0.2, 0) is 6.54 Å². The molecule has 1 aliphatic heterocycles. The van der Waals surface area contributed by atoms with E-state index in [0.717, 1.165) is 37.3 Å². The summed E-state index contributed by atoms with van der Waals surface area (Å²) >= 11 is 0. The molecule has 1 unspecified atom stereocenters. The Morgan fingerprint density at radius 2 is 2.10 bits per heavy atom. The van der Waals surface area contributed by atoms with Crippen LogP contribution in [0.4, 0.5) is 5.82 Å². The van der Waals surface area contributed by atoms with E-state index in [9.17, 15) is 0 Å². The molecule has 0 aliphatic carbocycles. The van der Waals surface area contributed by atoms with Crippen molar-refractivity contribution in [3.8, 4) is 0 Å². The normalized spacial score (nSPS) is 19.9. The fourth-order valence-corrected chi connectivity index (χ4v) is 2.62. The molecule has 0 bridgehead atoms. The Morgan fingerprint density at radius 3 is 2.60 bits per heavy atom. The Kier molecular flexibility index (Phi) is 4.69. The van der Waals surface area contributed by atoms with Crippen molar-refractivity contribution in [1.82, 2.24) is 10.3 Å². The number of hydrogen-bond acceptors (Lipinski definition) is 3. The van der Waals surface area contributed by atoms with E-state index in [0.29, 0.717) is 0 Å². The lowest BCUT2D eigenvalue weighted by atomic mass is 9.95. The van der Waals surface area contributed by atoms with Crippen LogP contribution in [0.2, 0.25) is 0 Å². The van der Waals surface area contributed by atoms with E-state index in [2.05, 4.69) is 62.0 Å². The highest BCUT2D eigenvalue weighted by atomic mass is 15.2. The van der Waals surface area contributed by atoms with Crippen molar-refractivity contribution in [2.24, 2.45) is 11.8 Å². The molecule has 1 atom stereocenters. The molecule has 0 aromatic carbocycles. The summed E-state index contributed by atoms with van der Waals surface area (Å²) in [7, 11) is 0. The van der Waals surface area contributed by atoms with E-state index < -0.39 is 0 Å². The van der Waals surface area contributed by atoms with Gasteiger partial charge in [0, 0.05) is 31.4 Å². The monoisotopic (exact) mass is 275 g/mol. The summed E-state index contributed by atoms with van der Waals surface area (Å²) in [5, 5.41) is 3.50. The van der Waals surface area contributed by atoms with Gasteiger partial charge in [0.1, 0.15) is 5.82 Å². The lowest BCUT2D eigenvalue weighted by Gasteiger charge is -2.21. The zero-order valence-corrected chi connectivity index (χ0v) is 13.6. The first kappa shape index (κ1) is 15.3. The second-order valence-electron chi connectivity index (χ2n) is 7.37. The highest BCUT2D eigenvalue weighted by Gasteiger charge is 2.25. The van der Waals surface area contributed by atoms with E-state index in [4.69, 9.17) is 0 Å². The molecule has 3 nitrogen and oxygen atoms in total. The van der Waals surface area contributed by atoms with E-state index >= 15 is 0 Å². The van der Waals surface area contributed by atoms with Crippen LogP contribution in [0.1, 0.15) is 46.6 Å². The van der Waals surface area contributed by atoms with Crippen molar-refractivity contribution in [2.75, 3.05) is 18.0 Å². The quantitative estimate of drug-likeness (QED) is 0.912. The second-order valence-corrected chi connectivity index (χ2v) is 7.37. The third kappa shape index (κ3) is 4.20. The number of nitrogens with one attached hydrogen (secondary N) is 1. The lowest BCUT2D eigenvalue weighted by molar-refractivity contribution is 0.422.